The lowest BCUT2D eigenvalue weighted by Gasteiger charge is -2.10. The third-order valence-corrected chi connectivity index (χ3v) is 3.19. The Hall–Kier alpha value is -2.30. The molecule has 0 bridgehead atoms. The van der Waals surface area contributed by atoms with Crippen LogP contribution in [0.25, 0.3) is 5.57 Å². The number of imide groups is 1. The Morgan fingerprint density at radius 1 is 1.00 bits per heavy atom. The molecule has 1 aromatic rings. The van der Waals surface area contributed by atoms with Crippen molar-refractivity contribution in [2.45, 2.75) is 6.92 Å². The topological polar surface area (TPSA) is 55.8 Å². The number of amides is 2. The van der Waals surface area contributed by atoms with Crippen LogP contribution in [0.15, 0.2) is 23.8 Å². The molecule has 100 valence electrons. The fourth-order valence-corrected chi connectivity index (χ4v) is 2.11. The number of likely N-dealkylation sites (N-methyl/N-ethyl adjacent to an activating group) is 1. The van der Waals surface area contributed by atoms with E-state index in [1.165, 1.54) is 14.2 Å². The van der Waals surface area contributed by atoms with Crippen LogP contribution in [0.1, 0.15) is 12.5 Å². The van der Waals surface area contributed by atoms with Crippen LogP contribution in [0.3, 0.4) is 0 Å². The first-order chi connectivity index (χ1) is 9.01. The van der Waals surface area contributed by atoms with Gasteiger partial charge in [-0.15, -0.1) is 0 Å². The maximum atomic E-state index is 12.1. The molecule has 2 rings (SSSR count). The number of rotatable bonds is 3. The summed E-state index contributed by atoms with van der Waals surface area (Å²) in [5.74, 6) is 0.536. The summed E-state index contributed by atoms with van der Waals surface area (Å²) in [6.07, 6.45) is 0. The Morgan fingerprint density at radius 2 is 1.63 bits per heavy atom. The summed E-state index contributed by atoms with van der Waals surface area (Å²) in [6, 6.07) is 5.15. The van der Waals surface area contributed by atoms with Gasteiger partial charge in [0.25, 0.3) is 11.8 Å². The molecule has 19 heavy (non-hydrogen) atoms. The van der Waals surface area contributed by atoms with Gasteiger partial charge in [-0.3, -0.25) is 14.5 Å². The number of methoxy groups -OCH3 is 2. The van der Waals surface area contributed by atoms with Crippen LogP contribution in [0.4, 0.5) is 0 Å². The van der Waals surface area contributed by atoms with Crippen LogP contribution in [-0.2, 0) is 9.59 Å². The van der Waals surface area contributed by atoms with E-state index in [2.05, 4.69) is 0 Å². The van der Waals surface area contributed by atoms with E-state index in [4.69, 9.17) is 9.47 Å². The van der Waals surface area contributed by atoms with Gasteiger partial charge in [-0.25, -0.2) is 0 Å². The van der Waals surface area contributed by atoms with E-state index in [1.807, 2.05) is 0 Å². The van der Waals surface area contributed by atoms with E-state index in [9.17, 15) is 9.59 Å². The van der Waals surface area contributed by atoms with Gasteiger partial charge in [-0.05, 0) is 24.6 Å². The number of carbonyl (C=O) groups excluding carboxylic acids is 2. The lowest BCUT2D eigenvalue weighted by Crippen LogP contribution is -2.26. The predicted octanol–water partition coefficient (Wildman–Crippen LogP) is 1.48. The number of hydrogen-bond donors (Lipinski definition) is 0. The van der Waals surface area contributed by atoms with Crippen molar-refractivity contribution in [2.24, 2.45) is 0 Å². The first-order valence-electron chi connectivity index (χ1n) is 5.77. The number of ether oxygens (including phenoxy) is 2. The summed E-state index contributed by atoms with van der Waals surface area (Å²) < 4.78 is 10.3. The zero-order chi connectivity index (χ0) is 14.2. The van der Waals surface area contributed by atoms with Crippen molar-refractivity contribution >= 4 is 17.4 Å². The maximum Gasteiger partial charge on any atom is 0.261 e. The Labute approximate surface area is 111 Å². The number of carbonyl (C=O) groups is 2. The molecule has 0 saturated carbocycles. The van der Waals surface area contributed by atoms with Crippen molar-refractivity contribution in [3.05, 3.63) is 29.3 Å². The number of benzene rings is 1. The highest BCUT2D eigenvalue weighted by Gasteiger charge is 2.34. The van der Waals surface area contributed by atoms with Gasteiger partial charge in [0.1, 0.15) is 0 Å². The molecule has 5 nitrogen and oxygen atoms in total. The number of hydrogen-bond acceptors (Lipinski definition) is 4. The molecular weight excluding hydrogens is 246 g/mol. The first kappa shape index (κ1) is 13.1. The molecule has 0 unspecified atom stereocenters. The van der Waals surface area contributed by atoms with E-state index in [0.29, 0.717) is 28.2 Å². The van der Waals surface area contributed by atoms with Crippen LogP contribution in [0.2, 0.25) is 0 Å². The van der Waals surface area contributed by atoms with E-state index < -0.39 is 0 Å². The molecule has 0 saturated heterocycles. The molecule has 2 amide bonds. The van der Waals surface area contributed by atoms with E-state index in [0.717, 1.165) is 4.90 Å². The SMILES string of the molecule is COc1ccc(C2=C(C)C(=O)N(C)C2=O)cc1OC. The van der Waals surface area contributed by atoms with Gasteiger partial charge in [-0.1, -0.05) is 6.07 Å². The molecule has 0 radical (unpaired) electrons. The van der Waals surface area contributed by atoms with Crippen molar-refractivity contribution in [1.29, 1.82) is 0 Å². The minimum absolute atomic E-state index is 0.269. The zero-order valence-electron chi connectivity index (χ0n) is 11.3. The largest absolute Gasteiger partial charge is 0.493 e. The van der Waals surface area contributed by atoms with Gasteiger partial charge < -0.3 is 9.47 Å². The monoisotopic (exact) mass is 261 g/mol. The van der Waals surface area contributed by atoms with Crippen molar-refractivity contribution in [1.82, 2.24) is 4.90 Å². The molecule has 1 aliphatic rings. The lowest BCUT2D eigenvalue weighted by molar-refractivity contribution is -0.135. The highest BCUT2D eigenvalue weighted by molar-refractivity contribution is 6.35. The zero-order valence-corrected chi connectivity index (χ0v) is 11.3. The average Bonchev–Trinajstić information content (AvgIpc) is 2.62. The highest BCUT2D eigenvalue weighted by atomic mass is 16.5. The van der Waals surface area contributed by atoms with E-state index in [-0.39, 0.29) is 11.8 Å². The molecule has 0 N–H and O–H groups in total. The van der Waals surface area contributed by atoms with Crippen LogP contribution >= 0.6 is 0 Å². The minimum atomic E-state index is -0.297. The molecule has 0 aliphatic carbocycles. The molecule has 1 aliphatic heterocycles. The maximum absolute atomic E-state index is 12.1. The second-order valence-corrected chi connectivity index (χ2v) is 4.24. The third-order valence-electron chi connectivity index (χ3n) is 3.19. The predicted molar refractivity (Wildman–Crippen MR) is 69.9 cm³/mol. The minimum Gasteiger partial charge on any atom is -0.493 e. The molecule has 0 fully saturated rings. The smallest absolute Gasteiger partial charge is 0.261 e. The van der Waals surface area contributed by atoms with Crippen LogP contribution in [0.5, 0.6) is 11.5 Å². The Balaban J connectivity index is 2.54. The van der Waals surface area contributed by atoms with Gasteiger partial charge in [0.2, 0.25) is 0 Å². The van der Waals surface area contributed by atoms with Gasteiger partial charge >= 0.3 is 0 Å². The van der Waals surface area contributed by atoms with Crippen molar-refractivity contribution in [3.63, 3.8) is 0 Å². The highest BCUT2D eigenvalue weighted by Crippen LogP contribution is 2.34. The quantitative estimate of drug-likeness (QED) is 0.773. The van der Waals surface area contributed by atoms with Gasteiger partial charge in [0.05, 0.1) is 19.8 Å². The lowest BCUT2D eigenvalue weighted by atomic mass is 10.0. The molecule has 0 atom stereocenters. The molecule has 0 spiro atoms. The fraction of sp³-hybridized carbons (Fsp3) is 0.286. The normalized spacial score (nSPS) is 15.3. The number of nitrogens with zero attached hydrogens (tertiary/aromatic N) is 1. The van der Waals surface area contributed by atoms with Crippen molar-refractivity contribution in [3.8, 4) is 11.5 Å². The summed E-state index contributed by atoms with van der Waals surface area (Å²) in [6.45, 7) is 1.65. The second kappa shape index (κ2) is 4.76. The summed E-state index contributed by atoms with van der Waals surface area (Å²) in [4.78, 5) is 24.9. The van der Waals surface area contributed by atoms with Gasteiger partial charge in [0, 0.05) is 12.6 Å². The molecule has 1 aromatic carbocycles. The van der Waals surface area contributed by atoms with Crippen LogP contribution in [-0.4, -0.2) is 38.0 Å². The van der Waals surface area contributed by atoms with Crippen molar-refractivity contribution < 1.29 is 19.1 Å². The average molecular weight is 261 g/mol. The Kier molecular flexibility index (Phi) is 3.29. The van der Waals surface area contributed by atoms with Gasteiger partial charge in [-0.2, -0.15) is 0 Å². The Morgan fingerprint density at radius 3 is 2.11 bits per heavy atom. The van der Waals surface area contributed by atoms with Gasteiger partial charge in [0.15, 0.2) is 11.5 Å². The molecular formula is C14H15NO4. The summed E-state index contributed by atoms with van der Waals surface area (Å²) in [5.41, 5.74) is 1.51. The molecule has 0 aromatic heterocycles. The fourth-order valence-electron chi connectivity index (χ4n) is 2.11. The summed E-state index contributed by atoms with van der Waals surface area (Å²) in [7, 11) is 4.54. The van der Waals surface area contributed by atoms with Crippen LogP contribution < -0.4 is 9.47 Å². The van der Waals surface area contributed by atoms with Crippen LogP contribution in [0, 0.1) is 0 Å². The third kappa shape index (κ3) is 1.97. The summed E-state index contributed by atoms with van der Waals surface area (Å²) >= 11 is 0. The molecule has 1 heterocycles. The standard InChI is InChI=1S/C14H15NO4/c1-8-12(14(17)15(2)13(8)16)9-5-6-10(18-3)11(7-9)19-4/h5-7H,1-4H3. The first-order valence-corrected chi connectivity index (χ1v) is 5.77. The Bertz CT molecular complexity index is 589. The second-order valence-electron chi connectivity index (χ2n) is 4.24. The summed E-state index contributed by atoms with van der Waals surface area (Å²) in [5, 5.41) is 0. The molecule has 5 heteroatoms. The van der Waals surface area contributed by atoms with E-state index >= 15 is 0 Å². The van der Waals surface area contributed by atoms with Crippen molar-refractivity contribution in [2.75, 3.05) is 21.3 Å². The van der Waals surface area contributed by atoms with E-state index in [1.54, 1.807) is 32.2 Å².